The SMILES string of the molecule is Cc1cccc(OCC(=O)NC(CN2CCOCC2)c2ccccc2)c1C. The van der Waals surface area contributed by atoms with Gasteiger partial charge in [-0.3, -0.25) is 9.69 Å². The molecule has 1 unspecified atom stereocenters. The van der Waals surface area contributed by atoms with Gasteiger partial charge >= 0.3 is 0 Å². The van der Waals surface area contributed by atoms with Crippen molar-refractivity contribution in [2.24, 2.45) is 0 Å². The summed E-state index contributed by atoms with van der Waals surface area (Å²) in [6.07, 6.45) is 0. The van der Waals surface area contributed by atoms with Gasteiger partial charge in [-0.25, -0.2) is 0 Å². The van der Waals surface area contributed by atoms with E-state index in [1.165, 1.54) is 0 Å². The zero-order valence-corrected chi connectivity index (χ0v) is 16.1. The van der Waals surface area contributed by atoms with Gasteiger partial charge in [-0.1, -0.05) is 42.5 Å². The Bertz CT molecular complexity index is 742. The number of aryl methyl sites for hydroxylation is 1. The van der Waals surface area contributed by atoms with Gasteiger partial charge in [0.25, 0.3) is 5.91 Å². The second-order valence-electron chi connectivity index (χ2n) is 6.93. The van der Waals surface area contributed by atoms with E-state index in [-0.39, 0.29) is 18.6 Å². The molecule has 5 heteroatoms. The smallest absolute Gasteiger partial charge is 0.258 e. The van der Waals surface area contributed by atoms with Crippen LogP contribution in [0.2, 0.25) is 0 Å². The Hall–Kier alpha value is -2.37. The number of nitrogens with zero attached hydrogens (tertiary/aromatic N) is 1. The van der Waals surface area contributed by atoms with Crippen LogP contribution in [0.25, 0.3) is 0 Å². The second-order valence-corrected chi connectivity index (χ2v) is 6.93. The van der Waals surface area contributed by atoms with Crippen LogP contribution in [0.3, 0.4) is 0 Å². The summed E-state index contributed by atoms with van der Waals surface area (Å²) < 4.78 is 11.2. The van der Waals surface area contributed by atoms with Crippen LogP contribution in [0, 0.1) is 13.8 Å². The molecular weight excluding hydrogens is 340 g/mol. The minimum absolute atomic E-state index is 0.0107. The van der Waals surface area contributed by atoms with Crippen LogP contribution in [0.4, 0.5) is 0 Å². The summed E-state index contributed by atoms with van der Waals surface area (Å²) in [6.45, 7) is 8.08. The highest BCUT2D eigenvalue weighted by Gasteiger charge is 2.20. The maximum absolute atomic E-state index is 12.6. The molecule has 0 aromatic heterocycles. The summed E-state index contributed by atoms with van der Waals surface area (Å²) >= 11 is 0. The van der Waals surface area contributed by atoms with Crippen molar-refractivity contribution in [3.8, 4) is 5.75 Å². The third-order valence-electron chi connectivity index (χ3n) is 5.00. The number of benzene rings is 2. The molecule has 2 aromatic carbocycles. The molecule has 1 atom stereocenters. The minimum atomic E-state index is -0.113. The number of hydrogen-bond donors (Lipinski definition) is 1. The molecule has 1 heterocycles. The van der Waals surface area contributed by atoms with Crippen LogP contribution in [0.15, 0.2) is 48.5 Å². The van der Waals surface area contributed by atoms with Crippen molar-refractivity contribution in [2.75, 3.05) is 39.5 Å². The fraction of sp³-hybridized carbons (Fsp3) is 0.409. The molecule has 0 spiro atoms. The number of morpholine rings is 1. The molecule has 0 radical (unpaired) electrons. The fourth-order valence-electron chi connectivity index (χ4n) is 3.22. The third kappa shape index (κ3) is 5.55. The first-order chi connectivity index (χ1) is 13.1. The largest absolute Gasteiger partial charge is 0.483 e. The lowest BCUT2D eigenvalue weighted by molar-refractivity contribution is -0.124. The van der Waals surface area contributed by atoms with Gasteiger partial charge in [-0.2, -0.15) is 0 Å². The van der Waals surface area contributed by atoms with Gasteiger partial charge in [0.05, 0.1) is 19.3 Å². The van der Waals surface area contributed by atoms with E-state index < -0.39 is 0 Å². The monoisotopic (exact) mass is 368 g/mol. The van der Waals surface area contributed by atoms with E-state index in [0.717, 1.165) is 55.3 Å². The van der Waals surface area contributed by atoms with Crippen molar-refractivity contribution in [1.29, 1.82) is 0 Å². The number of nitrogens with one attached hydrogen (secondary N) is 1. The van der Waals surface area contributed by atoms with Gasteiger partial charge in [-0.05, 0) is 36.6 Å². The molecule has 144 valence electrons. The summed E-state index contributed by atoms with van der Waals surface area (Å²) in [5, 5.41) is 3.14. The van der Waals surface area contributed by atoms with Gasteiger partial charge in [0.1, 0.15) is 5.75 Å². The van der Waals surface area contributed by atoms with Crippen molar-refractivity contribution in [1.82, 2.24) is 10.2 Å². The molecule has 5 nitrogen and oxygen atoms in total. The number of carbonyl (C=O) groups excluding carboxylic acids is 1. The maximum atomic E-state index is 12.6. The van der Waals surface area contributed by atoms with Crippen LogP contribution >= 0.6 is 0 Å². The van der Waals surface area contributed by atoms with Crippen LogP contribution in [0.5, 0.6) is 5.75 Å². The van der Waals surface area contributed by atoms with E-state index >= 15 is 0 Å². The van der Waals surface area contributed by atoms with Crippen molar-refractivity contribution >= 4 is 5.91 Å². The quantitative estimate of drug-likeness (QED) is 0.817. The molecule has 1 saturated heterocycles. The maximum Gasteiger partial charge on any atom is 0.258 e. The number of ether oxygens (including phenoxy) is 2. The number of hydrogen-bond acceptors (Lipinski definition) is 4. The molecule has 1 N–H and O–H groups in total. The molecule has 1 aliphatic heterocycles. The molecule has 2 aromatic rings. The van der Waals surface area contributed by atoms with Gasteiger partial charge < -0.3 is 14.8 Å². The molecule has 0 aliphatic carbocycles. The lowest BCUT2D eigenvalue weighted by atomic mass is 10.1. The average Bonchev–Trinajstić information content (AvgIpc) is 2.70. The van der Waals surface area contributed by atoms with Crippen molar-refractivity contribution in [3.05, 3.63) is 65.2 Å². The molecule has 27 heavy (non-hydrogen) atoms. The summed E-state index contributed by atoms with van der Waals surface area (Å²) in [7, 11) is 0. The van der Waals surface area contributed by atoms with Crippen LogP contribution in [0.1, 0.15) is 22.7 Å². The predicted octanol–water partition coefficient (Wildman–Crippen LogP) is 2.87. The standard InChI is InChI=1S/C22H28N2O3/c1-17-7-6-10-21(18(17)2)27-16-22(25)23-20(19-8-4-3-5-9-19)15-24-11-13-26-14-12-24/h3-10,20H,11-16H2,1-2H3,(H,23,25). The van der Waals surface area contributed by atoms with E-state index in [9.17, 15) is 4.79 Å². The first-order valence-electron chi connectivity index (χ1n) is 9.47. The van der Waals surface area contributed by atoms with Crippen molar-refractivity contribution < 1.29 is 14.3 Å². The normalized spacial score (nSPS) is 15.9. The lowest BCUT2D eigenvalue weighted by Crippen LogP contribution is -2.44. The second kappa shape index (κ2) is 9.53. The number of amides is 1. The van der Waals surface area contributed by atoms with E-state index in [1.54, 1.807) is 0 Å². The number of carbonyl (C=O) groups is 1. The summed E-state index contributed by atoms with van der Waals surface area (Å²) in [6, 6.07) is 15.9. The third-order valence-corrected chi connectivity index (χ3v) is 5.00. The average molecular weight is 368 g/mol. The summed E-state index contributed by atoms with van der Waals surface area (Å²) in [4.78, 5) is 14.9. The van der Waals surface area contributed by atoms with Crippen LogP contribution in [-0.2, 0) is 9.53 Å². The van der Waals surface area contributed by atoms with Crippen molar-refractivity contribution in [2.45, 2.75) is 19.9 Å². The number of rotatable bonds is 7. The highest BCUT2D eigenvalue weighted by molar-refractivity contribution is 5.78. The van der Waals surface area contributed by atoms with Gasteiger partial charge in [0.15, 0.2) is 6.61 Å². The van der Waals surface area contributed by atoms with Gasteiger partial charge in [0, 0.05) is 19.6 Å². The molecule has 3 rings (SSSR count). The van der Waals surface area contributed by atoms with E-state index in [4.69, 9.17) is 9.47 Å². The first-order valence-corrected chi connectivity index (χ1v) is 9.47. The molecular formula is C22H28N2O3. The highest BCUT2D eigenvalue weighted by atomic mass is 16.5. The Morgan fingerprint density at radius 1 is 1.11 bits per heavy atom. The van der Waals surface area contributed by atoms with Gasteiger partial charge in [0.2, 0.25) is 0 Å². The molecule has 1 amide bonds. The molecule has 0 bridgehead atoms. The Labute approximate surface area is 161 Å². The Morgan fingerprint density at radius 2 is 1.85 bits per heavy atom. The Kier molecular flexibility index (Phi) is 6.85. The highest BCUT2D eigenvalue weighted by Crippen LogP contribution is 2.20. The van der Waals surface area contributed by atoms with Crippen LogP contribution in [-0.4, -0.2) is 50.3 Å². The zero-order valence-electron chi connectivity index (χ0n) is 16.1. The summed E-state index contributed by atoms with van der Waals surface area (Å²) in [5.41, 5.74) is 3.32. The molecule has 1 fully saturated rings. The topological polar surface area (TPSA) is 50.8 Å². The van der Waals surface area contributed by atoms with Gasteiger partial charge in [-0.15, -0.1) is 0 Å². The van der Waals surface area contributed by atoms with Crippen LogP contribution < -0.4 is 10.1 Å². The van der Waals surface area contributed by atoms with E-state index in [0.29, 0.717) is 0 Å². The molecule has 1 aliphatic rings. The van der Waals surface area contributed by atoms with E-state index in [1.807, 2.05) is 50.2 Å². The Balaban J connectivity index is 1.62. The first kappa shape index (κ1) is 19.4. The Morgan fingerprint density at radius 3 is 2.59 bits per heavy atom. The zero-order chi connectivity index (χ0) is 19.1. The minimum Gasteiger partial charge on any atom is -0.483 e. The summed E-state index contributed by atoms with van der Waals surface area (Å²) in [5.74, 6) is 0.646. The predicted molar refractivity (Wildman–Crippen MR) is 106 cm³/mol. The van der Waals surface area contributed by atoms with Crippen molar-refractivity contribution in [3.63, 3.8) is 0 Å². The lowest BCUT2D eigenvalue weighted by Gasteiger charge is -2.31. The van der Waals surface area contributed by atoms with E-state index in [2.05, 4.69) is 22.3 Å². The molecule has 0 saturated carbocycles. The fourth-order valence-corrected chi connectivity index (χ4v) is 3.22.